The molecule has 100 valence electrons. The van der Waals surface area contributed by atoms with E-state index in [1.54, 1.807) is 0 Å². The molecule has 4 heteroatoms. The van der Waals surface area contributed by atoms with Gasteiger partial charge in [0.1, 0.15) is 0 Å². The summed E-state index contributed by atoms with van der Waals surface area (Å²) in [5.74, 6) is -0.0328. The Morgan fingerprint density at radius 2 is 1.47 bits per heavy atom. The molecule has 0 aliphatic rings. The maximum Gasteiger partial charge on any atom is 0.222 e. The second kappa shape index (κ2) is 6.03. The number of hydrogen-bond donors (Lipinski definition) is 2. The summed E-state index contributed by atoms with van der Waals surface area (Å²) in [6, 6.07) is 0. The van der Waals surface area contributed by atoms with Crippen molar-refractivity contribution in [2.24, 2.45) is 5.41 Å². The van der Waals surface area contributed by atoms with Crippen LogP contribution in [0.4, 0.5) is 0 Å². The van der Waals surface area contributed by atoms with Gasteiger partial charge in [-0.05, 0) is 26.2 Å². The number of hydrogen-bond acceptors (Lipinski definition) is 2. The summed E-state index contributed by atoms with van der Waals surface area (Å²) >= 11 is 0. The SMILES string of the molecule is CC(C)(C)CC(=O)NCCC(=O)NC(C)(C)C. The van der Waals surface area contributed by atoms with Crippen molar-refractivity contribution < 1.29 is 9.59 Å². The second-order valence-corrected chi connectivity index (χ2v) is 6.64. The van der Waals surface area contributed by atoms with Gasteiger partial charge in [0, 0.05) is 24.9 Å². The van der Waals surface area contributed by atoms with Gasteiger partial charge in [-0.2, -0.15) is 0 Å². The van der Waals surface area contributed by atoms with E-state index in [2.05, 4.69) is 10.6 Å². The van der Waals surface area contributed by atoms with Gasteiger partial charge < -0.3 is 10.6 Å². The maximum atomic E-state index is 11.5. The van der Waals surface area contributed by atoms with Gasteiger partial charge in [0.25, 0.3) is 0 Å². The minimum absolute atomic E-state index is 0.000980. The van der Waals surface area contributed by atoms with Crippen LogP contribution in [0.3, 0.4) is 0 Å². The predicted molar refractivity (Wildman–Crippen MR) is 69.6 cm³/mol. The van der Waals surface area contributed by atoms with Gasteiger partial charge in [0.05, 0.1) is 0 Å². The molecule has 0 saturated heterocycles. The number of carbonyl (C=O) groups is 2. The molecule has 0 aliphatic carbocycles. The van der Waals surface area contributed by atoms with Crippen molar-refractivity contribution in [3.63, 3.8) is 0 Å². The van der Waals surface area contributed by atoms with Crippen LogP contribution in [0, 0.1) is 5.41 Å². The molecule has 0 radical (unpaired) electrons. The third kappa shape index (κ3) is 11.2. The molecule has 0 rings (SSSR count). The largest absolute Gasteiger partial charge is 0.356 e. The van der Waals surface area contributed by atoms with Gasteiger partial charge in [0.2, 0.25) is 11.8 Å². The molecule has 0 aromatic heterocycles. The summed E-state index contributed by atoms with van der Waals surface area (Å²) in [7, 11) is 0. The maximum absolute atomic E-state index is 11.5. The van der Waals surface area contributed by atoms with Crippen molar-refractivity contribution >= 4 is 11.8 Å². The summed E-state index contributed by atoms with van der Waals surface area (Å²) in [5.41, 5.74) is -0.232. The average Bonchev–Trinajstić information content (AvgIpc) is 1.95. The number of rotatable bonds is 4. The van der Waals surface area contributed by atoms with Crippen LogP contribution >= 0.6 is 0 Å². The van der Waals surface area contributed by atoms with Gasteiger partial charge in [-0.25, -0.2) is 0 Å². The lowest BCUT2D eigenvalue weighted by molar-refractivity contribution is -0.123. The Kier molecular flexibility index (Phi) is 5.66. The molecule has 0 aliphatic heterocycles. The quantitative estimate of drug-likeness (QED) is 0.790. The molecule has 0 saturated carbocycles. The summed E-state index contributed by atoms with van der Waals surface area (Å²) < 4.78 is 0. The Morgan fingerprint density at radius 3 is 1.88 bits per heavy atom. The molecule has 0 heterocycles. The summed E-state index contributed by atoms with van der Waals surface area (Å²) in [6.07, 6.45) is 0.807. The Bertz CT molecular complexity index is 244. The van der Waals surface area contributed by atoms with E-state index in [-0.39, 0.29) is 22.8 Å². The number of carbonyl (C=O) groups excluding carboxylic acids is 2. The van der Waals surface area contributed by atoms with Crippen LogP contribution in [0.25, 0.3) is 0 Å². The molecule has 0 fully saturated rings. The smallest absolute Gasteiger partial charge is 0.222 e. The van der Waals surface area contributed by atoms with Crippen LogP contribution in [0.1, 0.15) is 54.4 Å². The van der Waals surface area contributed by atoms with E-state index in [1.807, 2.05) is 41.5 Å². The lowest BCUT2D eigenvalue weighted by Crippen LogP contribution is -2.42. The molecular weight excluding hydrogens is 216 g/mol. The van der Waals surface area contributed by atoms with E-state index in [0.717, 1.165) is 0 Å². The normalized spacial score (nSPS) is 12.1. The standard InChI is InChI=1S/C13H26N2O2/c1-12(2,3)9-11(17)14-8-7-10(16)15-13(4,5)6/h7-9H2,1-6H3,(H,14,17)(H,15,16). The van der Waals surface area contributed by atoms with Crippen LogP contribution < -0.4 is 10.6 Å². The zero-order chi connectivity index (χ0) is 13.7. The van der Waals surface area contributed by atoms with Crippen LogP contribution in [-0.2, 0) is 9.59 Å². The molecule has 0 unspecified atom stereocenters. The van der Waals surface area contributed by atoms with Crippen molar-refractivity contribution in [3.8, 4) is 0 Å². The van der Waals surface area contributed by atoms with Crippen LogP contribution in [0.5, 0.6) is 0 Å². The van der Waals surface area contributed by atoms with Gasteiger partial charge in [-0.3, -0.25) is 9.59 Å². The van der Waals surface area contributed by atoms with E-state index in [0.29, 0.717) is 19.4 Å². The van der Waals surface area contributed by atoms with Crippen molar-refractivity contribution in [1.29, 1.82) is 0 Å². The fourth-order valence-electron chi connectivity index (χ4n) is 1.34. The molecule has 2 N–H and O–H groups in total. The van der Waals surface area contributed by atoms with Gasteiger partial charge >= 0.3 is 0 Å². The van der Waals surface area contributed by atoms with Crippen molar-refractivity contribution in [1.82, 2.24) is 10.6 Å². The fraction of sp³-hybridized carbons (Fsp3) is 0.846. The molecule has 4 nitrogen and oxygen atoms in total. The van der Waals surface area contributed by atoms with Crippen molar-refractivity contribution in [2.45, 2.75) is 59.9 Å². The van der Waals surface area contributed by atoms with E-state index in [9.17, 15) is 9.59 Å². The van der Waals surface area contributed by atoms with Gasteiger partial charge in [0.15, 0.2) is 0 Å². The third-order valence-electron chi connectivity index (χ3n) is 1.88. The van der Waals surface area contributed by atoms with Crippen LogP contribution in [0.2, 0.25) is 0 Å². The zero-order valence-electron chi connectivity index (χ0n) is 11.9. The lowest BCUT2D eigenvalue weighted by atomic mass is 9.92. The Morgan fingerprint density at radius 1 is 0.941 bits per heavy atom. The first-order chi connectivity index (χ1) is 7.49. The lowest BCUT2D eigenvalue weighted by Gasteiger charge is -2.21. The highest BCUT2D eigenvalue weighted by atomic mass is 16.2. The first-order valence-electron chi connectivity index (χ1n) is 6.07. The number of nitrogens with one attached hydrogen (secondary N) is 2. The minimum atomic E-state index is -0.216. The zero-order valence-corrected chi connectivity index (χ0v) is 11.9. The molecule has 17 heavy (non-hydrogen) atoms. The average molecular weight is 242 g/mol. The minimum Gasteiger partial charge on any atom is -0.356 e. The number of amides is 2. The second-order valence-electron chi connectivity index (χ2n) is 6.64. The summed E-state index contributed by atoms with van der Waals surface area (Å²) in [6.45, 7) is 12.2. The van der Waals surface area contributed by atoms with E-state index in [1.165, 1.54) is 0 Å². The third-order valence-corrected chi connectivity index (χ3v) is 1.88. The Hall–Kier alpha value is -1.06. The molecule has 0 aromatic rings. The van der Waals surface area contributed by atoms with Gasteiger partial charge in [-0.1, -0.05) is 20.8 Å². The molecule has 0 aromatic carbocycles. The highest BCUT2D eigenvalue weighted by Crippen LogP contribution is 2.17. The Labute approximate surface area is 105 Å². The molecular formula is C13H26N2O2. The summed E-state index contributed by atoms with van der Waals surface area (Å²) in [4.78, 5) is 22.9. The first-order valence-corrected chi connectivity index (χ1v) is 6.07. The van der Waals surface area contributed by atoms with Crippen LogP contribution in [-0.4, -0.2) is 23.9 Å². The van der Waals surface area contributed by atoms with Crippen molar-refractivity contribution in [2.75, 3.05) is 6.54 Å². The first kappa shape index (κ1) is 15.9. The highest BCUT2D eigenvalue weighted by molar-refractivity contribution is 5.79. The fourth-order valence-corrected chi connectivity index (χ4v) is 1.34. The molecule has 0 spiro atoms. The van der Waals surface area contributed by atoms with Crippen LogP contribution in [0.15, 0.2) is 0 Å². The monoisotopic (exact) mass is 242 g/mol. The van der Waals surface area contributed by atoms with Gasteiger partial charge in [-0.15, -0.1) is 0 Å². The molecule has 0 bridgehead atoms. The highest BCUT2D eigenvalue weighted by Gasteiger charge is 2.16. The predicted octanol–water partition coefficient (Wildman–Crippen LogP) is 1.84. The van der Waals surface area contributed by atoms with E-state index >= 15 is 0 Å². The van der Waals surface area contributed by atoms with Crippen molar-refractivity contribution in [3.05, 3.63) is 0 Å². The Balaban J connectivity index is 3.78. The molecule has 2 amide bonds. The van der Waals surface area contributed by atoms with E-state index < -0.39 is 0 Å². The topological polar surface area (TPSA) is 58.2 Å². The molecule has 0 atom stereocenters. The van der Waals surface area contributed by atoms with E-state index in [4.69, 9.17) is 0 Å². The summed E-state index contributed by atoms with van der Waals surface area (Å²) in [5, 5.41) is 5.61.